The molecule has 146 valence electrons. The van der Waals surface area contributed by atoms with E-state index in [-0.39, 0.29) is 5.91 Å². The molecule has 4 aromatic rings. The first-order valence-corrected chi connectivity index (χ1v) is 10.3. The monoisotopic (exact) mass is 422 g/mol. The fraction of sp³-hybridized carbons (Fsp3) is 0.130. The molecule has 4 nitrogen and oxygen atoms in total. The number of nitrogens with zero attached hydrogens (tertiary/aromatic N) is 1. The summed E-state index contributed by atoms with van der Waals surface area (Å²) in [6.45, 7) is 6.01. The molecule has 2 heterocycles. The van der Waals surface area contributed by atoms with E-state index in [1.807, 2.05) is 57.2 Å². The van der Waals surface area contributed by atoms with Crippen LogP contribution < -0.4 is 5.32 Å². The first-order chi connectivity index (χ1) is 13.9. The molecule has 4 rings (SSSR count). The van der Waals surface area contributed by atoms with Crippen molar-refractivity contribution in [2.45, 2.75) is 20.8 Å². The third kappa shape index (κ3) is 4.11. The van der Waals surface area contributed by atoms with Crippen LogP contribution in [0.4, 0.5) is 5.13 Å². The van der Waals surface area contributed by atoms with Crippen molar-refractivity contribution in [3.63, 3.8) is 0 Å². The topological polar surface area (TPSA) is 55.1 Å². The van der Waals surface area contributed by atoms with Gasteiger partial charge in [0, 0.05) is 16.7 Å². The SMILES string of the molecule is Cc1ccc(-c2ccc(/C=C/C(=O)Nc3nc4c(C)ccc(C)c4s3)o2)cc1Cl. The van der Waals surface area contributed by atoms with Crippen LogP contribution in [0.3, 0.4) is 0 Å². The Morgan fingerprint density at radius 1 is 1.07 bits per heavy atom. The number of fused-ring (bicyclic) bond motifs is 1. The number of thiazole rings is 1. The van der Waals surface area contributed by atoms with Crippen LogP contribution in [0.1, 0.15) is 22.5 Å². The molecule has 0 aliphatic carbocycles. The Morgan fingerprint density at radius 3 is 2.59 bits per heavy atom. The van der Waals surface area contributed by atoms with Gasteiger partial charge in [-0.05, 0) is 61.7 Å². The van der Waals surface area contributed by atoms with Crippen LogP contribution in [0.2, 0.25) is 5.02 Å². The number of furan rings is 1. The van der Waals surface area contributed by atoms with Crippen LogP contribution in [0.25, 0.3) is 27.6 Å². The highest BCUT2D eigenvalue weighted by Gasteiger charge is 2.10. The van der Waals surface area contributed by atoms with E-state index in [4.69, 9.17) is 16.0 Å². The van der Waals surface area contributed by atoms with Crippen molar-refractivity contribution < 1.29 is 9.21 Å². The summed E-state index contributed by atoms with van der Waals surface area (Å²) in [7, 11) is 0. The number of carbonyl (C=O) groups excluding carboxylic acids is 1. The number of aromatic nitrogens is 1. The number of nitrogens with one attached hydrogen (secondary N) is 1. The normalized spacial score (nSPS) is 11.4. The van der Waals surface area contributed by atoms with Crippen molar-refractivity contribution in [3.05, 3.63) is 76.0 Å². The number of hydrogen-bond donors (Lipinski definition) is 1. The quantitative estimate of drug-likeness (QED) is 0.368. The fourth-order valence-electron chi connectivity index (χ4n) is 2.96. The number of benzene rings is 2. The second-order valence-electron chi connectivity index (χ2n) is 6.88. The van der Waals surface area contributed by atoms with Gasteiger partial charge in [0.2, 0.25) is 5.91 Å². The third-order valence-electron chi connectivity index (χ3n) is 4.65. The molecule has 0 atom stereocenters. The highest BCUT2D eigenvalue weighted by atomic mass is 35.5. The predicted octanol–water partition coefficient (Wildman–Crippen LogP) is 6.79. The smallest absolute Gasteiger partial charge is 0.250 e. The van der Waals surface area contributed by atoms with Crippen molar-refractivity contribution in [1.29, 1.82) is 0 Å². The van der Waals surface area contributed by atoms with E-state index < -0.39 is 0 Å². The molecule has 29 heavy (non-hydrogen) atoms. The molecular weight excluding hydrogens is 404 g/mol. The third-order valence-corrected chi connectivity index (χ3v) is 6.17. The molecule has 1 N–H and O–H groups in total. The average molecular weight is 423 g/mol. The van der Waals surface area contributed by atoms with Crippen LogP contribution in [-0.4, -0.2) is 10.9 Å². The zero-order valence-electron chi connectivity index (χ0n) is 16.2. The second kappa shape index (κ2) is 7.85. The minimum absolute atomic E-state index is 0.254. The lowest BCUT2D eigenvalue weighted by atomic mass is 10.1. The van der Waals surface area contributed by atoms with Gasteiger partial charge >= 0.3 is 0 Å². The van der Waals surface area contributed by atoms with Crippen molar-refractivity contribution in [1.82, 2.24) is 4.98 Å². The van der Waals surface area contributed by atoms with E-state index in [0.29, 0.717) is 21.7 Å². The molecule has 0 unspecified atom stereocenters. The summed E-state index contributed by atoms with van der Waals surface area (Å²) in [6, 6.07) is 13.6. The highest BCUT2D eigenvalue weighted by molar-refractivity contribution is 7.22. The van der Waals surface area contributed by atoms with E-state index in [1.165, 1.54) is 17.4 Å². The number of aryl methyl sites for hydroxylation is 3. The molecular formula is C23H19ClN2O2S. The molecule has 0 saturated carbocycles. The lowest BCUT2D eigenvalue weighted by Crippen LogP contribution is -2.07. The summed E-state index contributed by atoms with van der Waals surface area (Å²) >= 11 is 7.66. The Labute approximate surface area is 177 Å². The Hall–Kier alpha value is -2.89. The van der Waals surface area contributed by atoms with Gasteiger partial charge in [-0.3, -0.25) is 10.1 Å². The Balaban J connectivity index is 1.48. The molecule has 6 heteroatoms. The number of halogens is 1. The lowest BCUT2D eigenvalue weighted by Gasteiger charge is -2.00. The molecule has 0 bridgehead atoms. The van der Waals surface area contributed by atoms with E-state index in [2.05, 4.69) is 16.4 Å². The average Bonchev–Trinajstić information content (AvgIpc) is 3.33. The van der Waals surface area contributed by atoms with Crippen LogP contribution in [0.15, 0.2) is 53.0 Å². The minimum Gasteiger partial charge on any atom is -0.457 e. The summed E-state index contributed by atoms with van der Waals surface area (Å²) in [5.74, 6) is 1.03. The van der Waals surface area contributed by atoms with Crippen molar-refractivity contribution in [3.8, 4) is 11.3 Å². The number of carbonyl (C=O) groups is 1. The molecule has 2 aromatic carbocycles. The zero-order valence-corrected chi connectivity index (χ0v) is 17.8. The number of amides is 1. The van der Waals surface area contributed by atoms with Crippen LogP contribution in [-0.2, 0) is 4.79 Å². The highest BCUT2D eigenvalue weighted by Crippen LogP contribution is 2.31. The van der Waals surface area contributed by atoms with Gasteiger partial charge in [-0.1, -0.05) is 47.2 Å². The van der Waals surface area contributed by atoms with Gasteiger partial charge < -0.3 is 4.42 Å². The molecule has 0 radical (unpaired) electrons. The predicted molar refractivity (Wildman–Crippen MR) is 121 cm³/mol. The maximum absolute atomic E-state index is 12.3. The van der Waals surface area contributed by atoms with Crippen molar-refractivity contribution in [2.24, 2.45) is 0 Å². The Kier molecular flexibility index (Phi) is 5.26. The van der Waals surface area contributed by atoms with Gasteiger partial charge in [0.15, 0.2) is 5.13 Å². The van der Waals surface area contributed by atoms with Crippen LogP contribution >= 0.6 is 22.9 Å². The fourth-order valence-corrected chi connectivity index (χ4v) is 4.16. The standard InChI is InChI=1S/C23H19ClN2O2S/c1-13-6-7-16(12-18(13)24)19-10-8-17(28-19)9-11-20(27)25-23-26-21-14(2)4-5-15(3)22(21)29-23/h4-12H,1-3H3,(H,25,26,27)/b11-9+. The van der Waals surface area contributed by atoms with Crippen LogP contribution in [0.5, 0.6) is 0 Å². The van der Waals surface area contributed by atoms with Crippen molar-refractivity contribution in [2.75, 3.05) is 5.32 Å². The summed E-state index contributed by atoms with van der Waals surface area (Å²) in [5, 5.41) is 4.11. The maximum Gasteiger partial charge on any atom is 0.250 e. The largest absolute Gasteiger partial charge is 0.457 e. The maximum atomic E-state index is 12.3. The molecule has 1 amide bonds. The molecule has 0 aliphatic heterocycles. The molecule has 0 aliphatic rings. The number of rotatable bonds is 4. The summed E-state index contributed by atoms with van der Waals surface area (Å²) in [6.07, 6.45) is 3.08. The van der Waals surface area contributed by atoms with E-state index >= 15 is 0 Å². The van der Waals surface area contributed by atoms with Crippen molar-refractivity contribution >= 4 is 50.3 Å². The van der Waals surface area contributed by atoms with E-state index in [9.17, 15) is 4.79 Å². The summed E-state index contributed by atoms with van der Waals surface area (Å²) in [4.78, 5) is 16.8. The van der Waals surface area contributed by atoms with Gasteiger partial charge in [0.25, 0.3) is 0 Å². The number of anilines is 1. The second-order valence-corrected chi connectivity index (χ2v) is 8.29. The van der Waals surface area contributed by atoms with E-state index in [0.717, 1.165) is 32.5 Å². The Bertz CT molecular complexity index is 1210. The van der Waals surface area contributed by atoms with Gasteiger partial charge in [0.1, 0.15) is 11.5 Å². The summed E-state index contributed by atoms with van der Waals surface area (Å²) < 4.78 is 6.90. The van der Waals surface area contributed by atoms with Gasteiger partial charge in [-0.25, -0.2) is 4.98 Å². The van der Waals surface area contributed by atoms with Gasteiger partial charge in [-0.2, -0.15) is 0 Å². The summed E-state index contributed by atoms with van der Waals surface area (Å²) in [5.41, 5.74) is 5.08. The zero-order chi connectivity index (χ0) is 20.5. The van der Waals surface area contributed by atoms with Gasteiger partial charge in [0.05, 0.1) is 10.2 Å². The van der Waals surface area contributed by atoms with Crippen LogP contribution in [0, 0.1) is 20.8 Å². The molecule has 2 aromatic heterocycles. The first kappa shape index (κ1) is 19.4. The van der Waals surface area contributed by atoms with Gasteiger partial charge in [-0.15, -0.1) is 0 Å². The minimum atomic E-state index is -0.254. The molecule has 0 saturated heterocycles. The Morgan fingerprint density at radius 2 is 1.83 bits per heavy atom. The molecule has 0 spiro atoms. The first-order valence-electron chi connectivity index (χ1n) is 9.13. The van der Waals surface area contributed by atoms with E-state index in [1.54, 1.807) is 6.08 Å². The number of hydrogen-bond acceptors (Lipinski definition) is 4. The molecule has 0 fully saturated rings. The lowest BCUT2D eigenvalue weighted by molar-refractivity contribution is -0.111.